The highest BCUT2D eigenvalue weighted by atomic mass is 16.5. The Labute approximate surface area is 279 Å². The Bertz CT molecular complexity index is 1530. The largest absolute Gasteiger partial charge is 0.496 e. The Kier molecular flexibility index (Phi) is 10.4. The van der Waals surface area contributed by atoms with Gasteiger partial charge in [-0.15, -0.1) is 0 Å². The van der Waals surface area contributed by atoms with Gasteiger partial charge in [-0.25, -0.2) is 0 Å². The van der Waals surface area contributed by atoms with Gasteiger partial charge in [-0.2, -0.15) is 5.10 Å². The molecule has 0 aliphatic heterocycles. The molecule has 8 heteroatoms. The van der Waals surface area contributed by atoms with Crippen LogP contribution in [0, 0.1) is 24.7 Å². The maximum absolute atomic E-state index is 14.4. The fourth-order valence-electron chi connectivity index (χ4n) is 7.86. The van der Waals surface area contributed by atoms with Crippen LogP contribution in [-0.4, -0.2) is 52.5 Å². The number of rotatable bonds is 10. The van der Waals surface area contributed by atoms with Crippen molar-refractivity contribution in [3.63, 3.8) is 0 Å². The fourth-order valence-corrected chi connectivity index (χ4v) is 7.86. The van der Waals surface area contributed by atoms with Crippen molar-refractivity contribution in [2.45, 2.75) is 109 Å². The van der Waals surface area contributed by atoms with Crippen molar-refractivity contribution in [3.05, 3.63) is 66.0 Å². The third-order valence-electron chi connectivity index (χ3n) is 11.0. The summed E-state index contributed by atoms with van der Waals surface area (Å²) in [5, 5.41) is 17.4. The van der Waals surface area contributed by atoms with Gasteiger partial charge in [-0.1, -0.05) is 24.3 Å². The molecule has 2 amide bonds. The second kappa shape index (κ2) is 14.6. The van der Waals surface area contributed by atoms with Gasteiger partial charge in [0.15, 0.2) is 0 Å². The average molecular weight is 641 g/mol. The summed E-state index contributed by atoms with van der Waals surface area (Å²) in [6.07, 6.45) is 12.4. The first-order valence-electron chi connectivity index (χ1n) is 17.8. The Balaban J connectivity index is 1.15. The van der Waals surface area contributed by atoms with E-state index in [1.165, 1.54) is 11.1 Å². The average Bonchev–Trinajstić information content (AvgIpc) is 3.57. The van der Waals surface area contributed by atoms with Crippen molar-refractivity contribution in [3.8, 4) is 16.9 Å². The van der Waals surface area contributed by atoms with E-state index in [9.17, 15) is 14.7 Å². The number of nitrogens with zero attached hydrogens (tertiary/aromatic N) is 3. The van der Waals surface area contributed by atoms with E-state index in [-0.39, 0.29) is 41.8 Å². The highest BCUT2D eigenvalue weighted by Crippen LogP contribution is 2.39. The minimum absolute atomic E-state index is 0.0559. The van der Waals surface area contributed by atoms with Crippen molar-refractivity contribution in [1.29, 1.82) is 0 Å². The number of aromatic nitrogens is 2. The van der Waals surface area contributed by atoms with Crippen molar-refractivity contribution < 1.29 is 19.4 Å². The number of carbonyl (C=O) groups excluding carboxylic acids is 2. The van der Waals surface area contributed by atoms with E-state index >= 15 is 0 Å². The lowest BCUT2D eigenvalue weighted by Crippen LogP contribution is -2.47. The van der Waals surface area contributed by atoms with Crippen LogP contribution in [0.5, 0.6) is 5.75 Å². The van der Waals surface area contributed by atoms with Gasteiger partial charge in [-0.05, 0) is 132 Å². The molecule has 3 aliphatic carbocycles. The predicted molar refractivity (Wildman–Crippen MR) is 185 cm³/mol. The van der Waals surface area contributed by atoms with E-state index in [4.69, 9.17) is 4.74 Å². The Morgan fingerprint density at radius 3 is 2.36 bits per heavy atom. The zero-order valence-electron chi connectivity index (χ0n) is 28.5. The predicted octanol–water partition coefficient (Wildman–Crippen LogP) is 7.20. The standard InChI is InChI=1S/C39H52N4O4/c1-25(2)43-24-33(22-40-43)30-6-5-7-35(19-30)42(23-27-8-10-28(11-9-27)31-14-17-37(47-4)26(3)18-31)39(46)29-12-15-34(16-13-29)41-38(45)32-20-36(44)21-32/h5-7,14,17-19,22,24-25,27-29,32,34,36,44H,8-13,15-16,20-21,23H2,1-4H3,(H,41,45). The number of hydrogen-bond acceptors (Lipinski definition) is 5. The Morgan fingerprint density at radius 1 is 0.979 bits per heavy atom. The zero-order valence-corrected chi connectivity index (χ0v) is 28.5. The minimum atomic E-state index is -0.336. The molecule has 2 aromatic carbocycles. The normalized spacial score (nSPS) is 26.0. The highest BCUT2D eigenvalue weighted by molar-refractivity contribution is 5.95. The van der Waals surface area contributed by atoms with Crippen molar-refractivity contribution in [2.75, 3.05) is 18.6 Å². The van der Waals surface area contributed by atoms with Gasteiger partial charge in [-0.3, -0.25) is 14.3 Å². The molecule has 0 radical (unpaired) electrons. The number of ether oxygens (including phenoxy) is 1. The molecule has 0 atom stereocenters. The van der Waals surface area contributed by atoms with Crippen LogP contribution >= 0.6 is 0 Å². The third kappa shape index (κ3) is 7.75. The molecular weight excluding hydrogens is 588 g/mol. The van der Waals surface area contributed by atoms with Gasteiger partial charge >= 0.3 is 0 Å². The van der Waals surface area contributed by atoms with Crippen molar-refractivity contribution in [1.82, 2.24) is 15.1 Å². The van der Waals surface area contributed by atoms with Gasteiger partial charge in [0.25, 0.3) is 0 Å². The van der Waals surface area contributed by atoms with Gasteiger partial charge < -0.3 is 20.1 Å². The molecule has 2 N–H and O–H groups in total. The molecule has 3 aromatic rings. The SMILES string of the molecule is COc1ccc(C2CCC(CN(C(=O)C3CCC(NC(=O)C4CC(O)C4)CC3)c3cccc(-c4cnn(C(C)C)c4)c3)CC2)cc1C. The molecule has 3 saturated carbocycles. The van der Waals surface area contributed by atoms with Crippen molar-refractivity contribution >= 4 is 17.5 Å². The maximum atomic E-state index is 14.4. The summed E-state index contributed by atoms with van der Waals surface area (Å²) in [5.74, 6) is 2.06. The summed E-state index contributed by atoms with van der Waals surface area (Å²) in [7, 11) is 1.72. The number of amides is 2. The summed E-state index contributed by atoms with van der Waals surface area (Å²) in [6, 6.07) is 15.4. The molecule has 47 heavy (non-hydrogen) atoms. The monoisotopic (exact) mass is 640 g/mol. The molecule has 0 saturated heterocycles. The summed E-state index contributed by atoms with van der Waals surface area (Å²) in [5.41, 5.74) is 5.65. The first kappa shape index (κ1) is 33.3. The van der Waals surface area contributed by atoms with Crippen LogP contribution in [0.4, 0.5) is 5.69 Å². The number of carbonyl (C=O) groups is 2. The lowest BCUT2D eigenvalue weighted by molar-refractivity contribution is -0.132. The fraction of sp³-hybridized carbons (Fsp3) is 0.564. The molecule has 3 aliphatic rings. The highest BCUT2D eigenvalue weighted by Gasteiger charge is 2.36. The lowest BCUT2D eigenvalue weighted by Gasteiger charge is -2.37. The number of methoxy groups -OCH3 is 1. The molecule has 1 heterocycles. The number of benzene rings is 2. The van der Waals surface area contributed by atoms with Gasteiger partial charge in [0.1, 0.15) is 5.75 Å². The Hall–Kier alpha value is -3.65. The van der Waals surface area contributed by atoms with Gasteiger partial charge in [0.2, 0.25) is 11.8 Å². The molecule has 3 fully saturated rings. The van der Waals surface area contributed by atoms with Crippen LogP contribution in [0.15, 0.2) is 54.9 Å². The summed E-state index contributed by atoms with van der Waals surface area (Å²) >= 11 is 0. The molecule has 8 nitrogen and oxygen atoms in total. The first-order valence-corrected chi connectivity index (χ1v) is 17.8. The number of nitrogens with one attached hydrogen (secondary N) is 1. The maximum Gasteiger partial charge on any atom is 0.230 e. The number of aliphatic hydroxyl groups excluding tert-OH is 1. The number of aliphatic hydroxyl groups is 1. The van der Waals surface area contributed by atoms with Crippen molar-refractivity contribution in [2.24, 2.45) is 17.8 Å². The van der Waals surface area contributed by atoms with E-state index in [2.05, 4.69) is 84.7 Å². The van der Waals surface area contributed by atoms with Gasteiger partial charge in [0.05, 0.1) is 19.4 Å². The second-order valence-electron chi connectivity index (χ2n) is 14.6. The summed E-state index contributed by atoms with van der Waals surface area (Å²) in [6.45, 7) is 7.08. The zero-order chi connectivity index (χ0) is 33.1. The molecular formula is C39H52N4O4. The molecule has 0 unspecified atom stereocenters. The smallest absolute Gasteiger partial charge is 0.230 e. The van der Waals surface area contributed by atoms with E-state index < -0.39 is 0 Å². The first-order chi connectivity index (χ1) is 22.7. The number of hydrogen-bond donors (Lipinski definition) is 2. The van der Waals surface area contributed by atoms with E-state index in [1.54, 1.807) is 7.11 Å². The van der Waals surface area contributed by atoms with E-state index in [0.29, 0.717) is 24.7 Å². The van der Waals surface area contributed by atoms with E-state index in [1.807, 2.05) is 10.9 Å². The molecule has 252 valence electrons. The molecule has 0 bridgehead atoms. The van der Waals surface area contributed by atoms with E-state index in [0.717, 1.165) is 80.5 Å². The number of anilines is 1. The van der Waals surface area contributed by atoms with Crippen LogP contribution < -0.4 is 15.0 Å². The third-order valence-corrected chi connectivity index (χ3v) is 11.0. The minimum Gasteiger partial charge on any atom is -0.496 e. The van der Waals surface area contributed by atoms with Crippen LogP contribution in [0.3, 0.4) is 0 Å². The van der Waals surface area contributed by atoms with Gasteiger partial charge in [0, 0.05) is 47.9 Å². The Morgan fingerprint density at radius 2 is 1.72 bits per heavy atom. The summed E-state index contributed by atoms with van der Waals surface area (Å²) < 4.78 is 7.45. The van der Waals surface area contributed by atoms with Crippen LogP contribution in [0.25, 0.3) is 11.1 Å². The molecule has 0 spiro atoms. The quantitative estimate of drug-likeness (QED) is 0.244. The molecule has 1 aromatic heterocycles. The van der Waals surface area contributed by atoms with Crippen LogP contribution in [0.2, 0.25) is 0 Å². The number of aryl methyl sites for hydroxylation is 1. The molecule has 6 rings (SSSR count). The second-order valence-corrected chi connectivity index (χ2v) is 14.6. The lowest BCUT2D eigenvalue weighted by atomic mass is 9.78. The van der Waals surface area contributed by atoms with Crippen LogP contribution in [0.1, 0.15) is 101 Å². The van der Waals surface area contributed by atoms with Crippen LogP contribution in [-0.2, 0) is 9.59 Å². The topological polar surface area (TPSA) is 96.7 Å². The summed E-state index contributed by atoms with van der Waals surface area (Å²) in [4.78, 5) is 29.1.